The van der Waals surface area contributed by atoms with E-state index in [2.05, 4.69) is 4.74 Å². The van der Waals surface area contributed by atoms with Crippen LogP contribution in [0.1, 0.15) is 26.7 Å². The van der Waals surface area contributed by atoms with E-state index < -0.39 is 23.8 Å². The summed E-state index contributed by atoms with van der Waals surface area (Å²) in [4.78, 5) is 33.6. The Bertz CT molecular complexity index is 348. The van der Waals surface area contributed by atoms with Crippen LogP contribution in [0.5, 0.6) is 0 Å². The monoisotopic (exact) mass is 226 g/mol. The van der Waals surface area contributed by atoms with E-state index in [9.17, 15) is 14.4 Å². The third kappa shape index (κ3) is 1.81. The molecule has 0 saturated carbocycles. The normalized spacial score (nSPS) is 38.8. The zero-order valence-electron chi connectivity index (χ0n) is 9.26. The largest absolute Gasteiger partial charge is 0.462 e. The van der Waals surface area contributed by atoms with Crippen molar-refractivity contribution in [2.45, 2.75) is 32.8 Å². The minimum absolute atomic E-state index is 0.100. The maximum absolute atomic E-state index is 11.4. The average molecular weight is 226 g/mol. The molecule has 2 fully saturated rings. The van der Waals surface area contributed by atoms with Crippen molar-refractivity contribution >= 4 is 17.9 Å². The Morgan fingerprint density at radius 1 is 1.19 bits per heavy atom. The van der Waals surface area contributed by atoms with Crippen LogP contribution < -0.4 is 0 Å². The molecule has 0 spiro atoms. The molecule has 2 rings (SSSR count). The molecular weight excluding hydrogens is 212 g/mol. The van der Waals surface area contributed by atoms with Crippen molar-refractivity contribution in [1.82, 2.24) is 0 Å². The Morgan fingerprint density at radius 3 is 2.31 bits per heavy atom. The molecule has 0 aromatic rings. The summed E-state index contributed by atoms with van der Waals surface area (Å²) < 4.78 is 9.65. The molecule has 0 radical (unpaired) electrons. The topological polar surface area (TPSA) is 69.7 Å². The van der Waals surface area contributed by atoms with Gasteiger partial charge in [0, 0.05) is 5.92 Å². The molecular formula is C11H14O5. The molecule has 5 heteroatoms. The predicted molar refractivity (Wildman–Crippen MR) is 52.0 cm³/mol. The van der Waals surface area contributed by atoms with Crippen molar-refractivity contribution in [1.29, 1.82) is 0 Å². The van der Waals surface area contributed by atoms with Gasteiger partial charge in [0.05, 0.1) is 18.3 Å². The second-order valence-corrected chi connectivity index (χ2v) is 4.58. The molecule has 0 aromatic carbocycles. The summed E-state index contributed by atoms with van der Waals surface area (Å²) in [7, 11) is 0. The highest BCUT2D eigenvalue weighted by molar-refractivity contribution is 5.96. The fourth-order valence-electron chi connectivity index (χ4n) is 2.19. The number of cyclic esters (lactones) is 3. The van der Waals surface area contributed by atoms with Crippen LogP contribution in [0.3, 0.4) is 0 Å². The number of carbonyl (C=O) groups is 3. The lowest BCUT2D eigenvalue weighted by atomic mass is 9.87. The van der Waals surface area contributed by atoms with Crippen molar-refractivity contribution in [2.75, 3.05) is 0 Å². The van der Waals surface area contributed by atoms with Crippen LogP contribution in [0.25, 0.3) is 0 Å². The second kappa shape index (κ2) is 3.88. The fraction of sp³-hybridized carbons (Fsp3) is 0.727. The molecule has 2 aliphatic heterocycles. The van der Waals surface area contributed by atoms with E-state index in [1.54, 1.807) is 6.92 Å². The first-order valence-electron chi connectivity index (χ1n) is 5.44. The number of ether oxygens (including phenoxy) is 2. The Hall–Kier alpha value is -1.39. The lowest BCUT2D eigenvalue weighted by molar-refractivity contribution is -0.154. The van der Waals surface area contributed by atoms with Gasteiger partial charge in [-0.3, -0.25) is 14.4 Å². The summed E-state index contributed by atoms with van der Waals surface area (Å²) in [5, 5.41) is 0. The highest BCUT2D eigenvalue weighted by Gasteiger charge is 2.45. The zero-order chi connectivity index (χ0) is 11.9. The number of rotatable bonds is 2. The van der Waals surface area contributed by atoms with Gasteiger partial charge >= 0.3 is 17.9 Å². The minimum Gasteiger partial charge on any atom is -0.462 e. The smallest absolute Gasteiger partial charge is 0.317 e. The van der Waals surface area contributed by atoms with Crippen molar-refractivity contribution in [2.24, 2.45) is 17.8 Å². The quantitative estimate of drug-likeness (QED) is 0.511. The highest BCUT2D eigenvalue weighted by atomic mass is 16.6. The molecule has 5 nitrogen and oxygen atoms in total. The van der Waals surface area contributed by atoms with Gasteiger partial charge in [-0.2, -0.15) is 0 Å². The van der Waals surface area contributed by atoms with Gasteiger partial charge in [0.1, 0.15) is 6.10 Å². The first kappa shape index (κ1) is 11.1. The van der Waals surface area contributed by atoms with Crippen molar-refractivity contribution < 1.29 is 23.9 Å². The van der Waals surface area contributed by atoms with Gasteiger partial charge < -0.3 is 9.47 Å². The van der Waals surface area contributed by atoms with E-state index >= 15 is 0 Å². The lowest BCUT2D eigenvalue weighted by Crippen LogP contribution is -2.24. The predicted octanol–water partition coefficient (Wildman–Crippen LogP) is 0.664. The molecule has 0 bridgehead atoms. The molecule has 2 aliphatic rings. The Labute approximate surface area is 93.1 Å². The van der Waals surface area contributed by atoms with Crippen LogP contribution >= 0.6 is 0 Å². The van der Waals surface area contributed by atoms with E-state index in [1.165, 1.54) is 0 Å². The maximum Gasteiger partial charge on any atom is 0.317 e. The SMILES string of the molecule is CC1CC(=O)OC1CC1C(=O)OC(=O)C1C. The molecule has 4 unspecified atom stereocenters. The van der Waals surface area contributed by atoms with Gasteiger partial charge in [0.25, 0.3) is 0 Å². The molecule has 4 atom stereocenters. The molecule has 16 heavy (non-hydrogen) atoms. The Morgan fingerprint density at radius 2 is 1.88 bits per heavy atom. The summed E-state index contributed by atoms with van der Waals surface area (Å²) in [5.41, 5.74) is 0. The first-order chi connectivity index (χ1) is 7.49. The second-order valence-electron chi connectivity index (χ2n) is 4.58. The molecule has 0 amide bonds. The van der Waals surface area contributed by atoms with E-state index in [1.807, 2.05) is 6.92 Å². The van der Waals surface area contributed by atoms with Gasteiger partial charge in [-0.1, -0.05) is 13.8 Å². The van der Waals surface area contributed by atoms with Crippen LogP contribution in [0.15, 0.2) is 0 Å². The van der Waals surface area contributed by atoms with E-state index in [4.69, 9.17) is 4.74 Å². The van der Waals surface area contributed by atoms with Crippen molar-refractivity contribution in [3.05, 3.63) is 0 Å². The van der Waals surface area contributed by atoms with Crippen LogP contribution in [0.2, 0.25) is 0 Å². The Kier molecular flexibility index (Phi) is 2.69. The first-order valence-corrected chi connectivity index (χ1v) is 5.44. The summed E-state index contributed by atoms with van der Waals surface area (Å²) in [5.74, 6) is -2.00. The Balaban J connectivity index is 2.02. The van der Waals surface area contributed by atoms with Gasteiger partial charge in [-0.05, 0) is 6.42 Å². The summed E-state index contributed by atoms with van der Waals surface area (Å²) in [6.45, 7) is 3.57. The van der Waals surface area contributed by atoms with Crippen molar-refractivity contribution in [3.63, 3.8) is 0 Å². The third-order valence-electron chi connectivity index (χ3n) is 3.37. The highest BCUT2D eigenvalue weighted by Crippen LogP contribution is 2.33. The fourth-order valence-corrected chi connectivity index (χ4v) is 2.19. The number of hydrogen-bond acceptors (Lipinski definition) is 5. The molecule has 88 valence electrons. The maximum atomic E-state index is 11.4. The van der Waals surface area contributed by atoms with Crippen LogP contribution in [-0.2, 0) is 23.9 Å². The van der Waals surface area contributed by atoms with Gasteiger partial charge in [-0.15, -0.1) is 0 Å². The molecule has 2 heterocycles. The van der Waals surface area contributed by atoms with Crippen LogP contribution in [0.4, 0.5) is 0 Å². The number of hydrogen-bond donors (Lipinski definition) is 0. The van der Waals surface area contributed by atoms with Crippen molar-refractivity contribution in [3.8, 4) is 0 Å². The van der Waals surface area contributed by atoms with Gasteiger partial charge in [0.15, 0.2) is 0 Å². The van der Waals surface area contributed by atoms with Gasteiger partial charge in [-0.25, -0.2) is 0 Å². The molecule has 2 saturated heterocycles. The van der Waals surface area contributed by atoms with Gasteiger partial charge in [0.2, 0.25) is 0 Å². The summed E-state index contributed by atoms with van der Waals surface area (Å²) in [6, 6.07) is 0. The minimum atomic E-state index is -0.493. The van der Waals surface area contributed by atoms with Crippen LogP contribution in [0, 0.1) is 17.8 Å². The average Bonchev–Trinajstić information content (AvgIpc) is 2.62. The van der Waals surface area contributed by atoms with E-state index in [0.717, 1.165) is 0 Å². The molecule has 0 aromatic heterocycles. The number of carbonyl (C=O) groups excluding carboxylic acids is 3. The summed E-state index contributed by atoms with van der Waals surface area (Å²) in [6.07, 6.45) is 0.506. The zero-order valence-corrected chi connectivity index (χ0v) is 9.26. The van der Waals surface area contributed by atoms with Crippen LogP contribution in [-0.4, -0.2) is 24.0 Å². The summed E-state index contributed by atoms with van der Waals surface area (Å²) >= 11 is 0. The number of esters is 3. The van der Waals surface area contributed by atoms with E-state index in [0.29, 0.717) is 12.8 Å². The molecule has 0 N–H and O–H groups in total. The third-order valence-corrected chi connectivity index (χ3v) is 3.37. The van der Waals surface area contributed by atoms with E-state index in [-0.39, 0.29) is 18.0 Å². The standard InChI is InChI=1S/C11H14O5/c1-5-3-9(12)15-8(5)4-7-6(2)10(13)16-11(7)14/h5-8H,3-4H2,1-2H3. The lowest BCUT2D eigenvalue weighted by Gasteiger charge is -2.17. The molecule has 0 aliphatic carbocycles.